The van der Waals surface area contributed by atoms with E-state index in [1.165, 1.54) is 12.3 Å². The Morgan fingerprint density at radius 1 is 1.47 bits per heavy atom. The number of esters is 1. The van der Waals surface area contributed by atoms with Gasteiger partial charge in [0.25, 0.3) is 0 Å². The van der Waals surface area contributed by atoms with Gasteiger partial charge in [0.1, 0.15) is 5.76 Å². The zero-order valence-electron chi connectivity index (χ0n) is 9.51. The number of rotatable bonds is 6. The molecule has 17 heavy (non-hydrogen) atoms. The normalized spacial score (nSPS) is 11.2. The van der Waals surface area contributed by atoms with Crippen molar-refractivity contribution in [3.8, 4) is 0 Å². The molecule has 92 valence electrons. The summed E-state index contributed by atoms with van der Waals surface area (Å²) in [5, 5.41) is 8.60. The van der Waals surface area contributed by atoms with Gasteiger partial charge in [-0.1, -0.05) is 0 Å². The minimum Gasteiger partial charge on any atom is -0.481 e. The van der Waals surface area contributed by atoms with Gasteiger partial charge in [-0.3, -0.25) is 4.79 Å². The molecule has 1 rings (SSSR count). The van der Waals surface area contributed by atoms with Gasteiger partial charge in [-0.05, 0) is 31.6 Å². The number of carboxylic acid groups (broad SMARTS) is 1. The number of carboxylic acids is 1. The Bertz CT molecular complexity index is 403. The molecule has 0 aliphatic heterocycles. The van der Waals surface area contributed by atoms with Crippen LogP contribution in [0, 0.1) is 0 Å². The summed E-state index contributed by atoms with van der Waals surface area (Å²) in [7, 11) is 0. The van der Waals surface area contributed by atoms with Crippen LogP contribution in [0.15, 0.2) is 28.4 Å². The Kier molecular flexibility index (Phi) is 5.00. The first-order valence-electron chi connectivity index (χ1n) is 5.26. The van der Waals surface area contributed by atoms with Crippen LogP contribution in [0.3, 0.4) is 0 Å². The van der Waals surface area contributed by atoms with Crippen LogP contribution in [-0.4, -0.2) is 23.7 Å². The molecule has 1 aromatic heterocycles. The minimum atomic E-state index is -0.959. The molecule has 0 radical (unpaired) electrons. The van der Waals surface area contributed by atoms with Crippen molar-refractivity contribution in [1.29, 1.82) is 0 Å². The minimum absolute atomic E-state index is 0.120. The van der Waals surface area contributed by atoms with E-state index in [-0.39, 0.29) is 19.4 Å². The first kappa shape index (κ1) is 13.0. The molecule has 0 unspecified atom stereocenters. The van der Waals surface area contributed by atoms with Crippen LogP contribution in [0.5, 0.6) is 0 Å². The predicted octanol–water partition coefficient (Wildman–Crippen LogP) is 2.09. The Hall–Kier alpha value is -2.04. The van der Waals surface area contributed by atoms with Crippen molar-refractivity contribution < 1.29 is 23.8 Å². The molecule has 1 heterocycles. The average molecular weight is 238 g/mol. The molecule has 1 N–H and O–H groups in total. The van der Waals surface area contributed by atoms with Gasteiger partial charge in [-0.2, -0.15) is 0 Å². The summed E-state index contributed by atoms with van der Waals surface area (Å²) in [5.74, 6) is -0.969. The number of carbonyl (C=O) groups excluding carboxylic acids is 1. The third kappa shape index (κ3) is 4.55. The highest BCUT2D eigenvalue weighted by molar-refractivity contribution is 5.93. The molecule has 0 atom stereocenters. The third-order valence-corrected chi connectivity index (χ3v) is 2.01. The molecule has 0 spiro atoms. The fraction of sp³-hybridized carbons (Fsp3) is 0.333. The molecular weight excluding hydrogens is 224 g/mol. The third-order valence-electron chi connectivity index (χ3n) is 2.01. The van der Waals surface area contributed by atoms with Crippen molar-refractivity contribution in [3.05, 3.63) is 29.7 Å². The Labute approximate surface area is 98.7 Å². The van der Waals surface area contributed by atoms with Gasteiger partial charge in [0, 0.05) is 12.0 Å². The fourth-order valence-corrected chi connectivity index (χ4v) is 1.24. The van der Waals surface area contributed by atoms with Gasteiger partial charge in [-0.25, -0.2) is 4.79 Å². The lowest BCUT2D eigenvalue weighted by atomic mass is 10.1. The van der Waals surface area contributed by atoms with Gasteiger partial charge in [-0.15, -0.1) is 0 Å². The summed E-state index contributed by atoms with van der Waals surface area (Å²) in [5.41, 5.74) is 0.296. The van der Waals surface area contributed by atoms with Crippen LogP contribution in [0.2, 0.25) is 0 Å². The monoisotopic (exact) mass is 238 g/mol. The molecule has 0 bridgehead atoms. The lowest BCUT2D eigenvalue weighted by molar-refractivity contribution is -0.138. The smallest absolute Gasteiger partial charge is 0.334 e. The largest absolute Gasteiger partial charge is 0.481 e. The lowest BCUT2D eigenvalue weighted by Gasteiger charge is -2.04. The van der Waals surface area contributed by atoms with Crippen molar-refractivity contribution in [3.63, 3.8) is 0 Å². The Morgan fingerprint density at radius 2 is 2.24 bits per heavy atom. The van der Waals surface area contributed by atoms with Crippen LogP contribution in [-0.2, 0) is 14.3 Å². The average Bonchev–Trinajstić information content (AvgIpc) is 2.76. The number of hydrogen-bond donors (Lipinski definition) is 1. The summed E-state index contributed by atoms with van der Waals surface area (Å²) < 4.78 is 9.91. The van der Waals surface area contributed by atoms with Gasteiger partial charge >= 0.3 is 11.9 Å². The quantitative estimate of drug-likeness (QED) is 0.606. The topological polar surface area (TPSA) is 76.7 Å². The maximum atomic E-state index is 11.6. The molecule has 0 saturated heterocycles. The van der Waals surface area contributed by atoms with E-state index in [1.807, 2.05) is 0 Å². The number of ether oxygens (including phenoxy) is 1. The molecule has 5 heteroatoms. The van der Waals surface area contributed by atoms with Crippen molar-refractivity contribution in [1.82, 2.24) is 0 Å². The van der Waals surface area contributed by atoms with E-state index in [4.69, 9.17) is 14.3 Å². The molecule has 0 aromatic carbocycles. The molecule has 0 amide bonds. The molecule has 0 aliphatic rings. The maximum absolute atomic E-state index is 11.6. The molecule has 1 aromatic rings. The highest BCUT2D eigenvalue weighted by Gasteiger charge is 2.13. The molecular formula is C12H14O5. The second kappa shape index (κ2) is 6.52. The van der Waals surface area contributed by atoms with E-state index < -0.39 is 11.9 Å². The molecule has 0 saturated carbocycles. The van der Waals surface area contributed by atoms with Crippen molar-refractivity contribution in [2.24, 2.45) is 0 Å². The number of hydrogen-bond acceptors (Lipinski definition) is 4. The molecule has 5 nitrogen and oxygen atoms in total. The second-order valence-corrected chi connectivity index (χ2v) is 3.30. The maximum Gasteiger partial charge on any atom is 0.334 e. The second-order valence-electron chi connectivity index (χ2n) is 3.30. The molecule has 0 fully saturated rings. The van der Waals surface area contributed by atoms with E-state index in [1.54, 1.807) is 19.1 Å². The van der Waals surface area contributed by atoms with E-state index in [2.05, 4.69) is 0 Å². The summed E-state index contributed by atoms with van der Waals surface area (Å²) in [6.07, 6.45) is 2.98. The zero-order chi connectivity index (χ0) is 12.7. The highest BCUT2D eigenvalue weighted by Crippen LogP contribution is 2.14. The number of furan rings is 1. The van der Waals surface area contributed by atoms with E-state index >= 15 is 0 Å². The van der Waals surface area contributed by atoms with Gasteiger partial charge < -0.3 is 14.3 Å². The first-order valence-corrected chi connectivity index (χ1v) is 5.26. The van der Waals surface area contributed by atoms with E-state index in [0.29, 0.717) is 11.3 Å². The van der Waals surface area contributed by atoms with Gasteiger partial charge in [0.05, 0.1) is 12.9 Å². The molecule has 0 aliphatic carbocycles. The summed E-state index contributed by atoms with van der Waals surface area (Å²) in [6.45, 7) is 1.95. The van der Waals surface area contributed by atoms with Crippen LogP contribution < -0.4 is 0 Å². The van der Waals surface area contributed by atoms with Crippen LogP contribution in [0.1, 0.15) is 25.5 Å². The summed E-state index contributed by atoms with van der Waals surface area (Å²) in [4.78, 5) is 22.0. The summed E-state index contributed by atoms with van der Waals surface area (Å²) >= 11 is 0. The number of carbonyl (C=O) groups is 2. The fourth-order valence-electron chi connectivity index (χ4n) is 1.24. The van der Waals surface area contributed by atoms with E-state index in [0.717, 1.165) is 0 Å². The van der Waals surface area contributed by atoms with Gasteiger partial charge in [0.2, 0.25) is 0 Å². The Morgan fingerprint density at radius 3 is 2.76 bits per heavy atom. The van der Waals surface area contributed by atoms with Crippen molar-refractivity contribution in [2.45, 2.75) is 19.8 Å². The highest BCUT2D eigenvalue weighted by atomic mass is 16.5. The van der Waals surface area contributed by atoms with Crippen molar-refractivity contribution >= 4 is 18.0 Å². The van der Waals surface area contributed by atoms with E-state index in [9.17, 15) is 9.59 Å². The first-order chi connectivity index (χ1) is 8.13. The van der Waals surface area contributed by atoms with Crippen LogP contribution >= 0.6 is 0 Å². The number of aliphatic carboxylic acids is 1. The predicted molar refractivity (Wildman–Crippen MR) is 60.2 cm³/mol. The SMILES string of the molecule is CCOC(=O)/C(=C/c1ccco1)CCC(=O)O. The zero-order valence-corrected chi connectivity index (χ0v) is 9.51. The lowest BCUT2D eigenvalue weighted by Crippen LogP contribution is -2.09. The van der Waals surface area contributed by atoms with Crippen LogP contribution in [0.25, 0.3) is 6.08 Å². The summed E-state index contributed by atoms with van der Waals surface area (Å²) in [6, 6.07) is 3.37. The Balaban J connectivity index is 2.78. The van der Waals surface area contributed by atoms with Crippen molar-refractivity contribution in [2.75, 3.05) is 6.61 Å². The van der Waals surface area contributed by atoms with Gasteiger partial charge in [0.15, 0.2) is 0 Å². The van der Waals surface area contributed by atoms with Crippen LogP contribution in [0.4, 0.5) is 0 Å². The standard InChI is InChI=1S/C12H14O5/c1-2-16-12(15)9(5-6-11(13)14)8-10-4-3-7-17-10/h3-4,7-8H,2,5-6H2,1H3,(H,13,14)/b9-8+.